The monoisotopic (exact) mass is 264 g/mol. The molecule has 1 aliphatic rings. The number of piperidine rings is 1. The Morgan fingerprint density at radius 1 is 1.20 bits per heavy atom. The van der Waals surface area contributed by atoms with Crippen molar-refractivity contribution < 1.29 is 0 Å². The van der Waals surface area contributed by atoms with Crippen LogP contribution >= 0.6 is 0 Å². The zero-order chi connectivity index (χ0) is 10.7. The van der Waals surface area contributed by atoms with Gasteiger partial charge in [0.25, 0.3) is 0 Å². The Hall–Kier alpha value is -0.262. The molecular weight excluding hydrogens is 245 g/mol. The van der Waals surface area contributed by atoms with Gasteiger partial charge in [-0.15, -0.1) is 0 Å². The van der Waals surface area contributed by atoms with E-state index in [0.29, 0.717) is 15.8 Å². The third-order valence-electron chi connectivity index (χ3n) is 3.21. The van der Waals surface area contributed by atoms with Crippen LogP contribution in [0, 0.1) is 13.8 Å². The van der Waals surface area contributed by atoms with Gasteiger partial charge in [0.15, 0.2) is 0 Å². The van der Waals surface area contributed by atoms with E-state index in [1.165, 1.54) is 37.1 Å². The molecule has 1 heterocycles. The van der Waals surface area contributed by atoms with Crippen molar-refractivity contribution in [3.8, 4) is 0 Å². The SMILES string of the molecule is Cc1cccc([As]C2CCNCC2)c1C. The molecule has 1 saturated heterocycles. The van der Waals surface area contributed by atoms with Crippen LogP contribution in [0.1, 0.15) is 24.0 Å². The van der Waals surface area contributed by atoms with Crippen molar-refractivity contribution in [2.75, 3.05) is 13.1 Å². The van der Waals surface area contributed by atoms with Crippen molar-refractivity contribution in [3.05, 3.63) is 29.3 Å². The van der Waals surface area contributed by atoms with E-state index in [4.69, 9.17) is 0 Å². The predicted octanol–water partition coefficient (Wildman–Crippen LogP) is 1.80. The van der Waals surface area contributed by atoms with E-state index in [9.17, 15) is 0 Å². The summed E-state index contributed by atoms with van der Waals surface area (Å²) in [4.78, 5) is 0. The van der Waals surface area contributed by atoms with Gasteiger partial charge in [-0.05, 0) is 0 Å². The molecule has 2 rings (SSSR count). The van der Waals surface area contributed by atoms with E-state index in [0.717, 1.165) is 4.71 Å². The summed E-state index contributed by atoms with van der Waals surface area (Å²) in [5.41, 5.74) is 2.99. The molecule has 15 heavy (non-hydrogen) atoms. The van der Waals surface area contributed by atoms with Gasteiger partial charge in [0.2, 0.25) is 0 Å². The molecule has 1 radical (unpaired) electrons. The second-order valence-electron chi connectivity index (χ2n) is 4.33. The van der Waals surface area contributed by atoms with Crippen LogP contribution in [0.15, 0.2) is 18.2 Å². The Balaban J connectivity index is 2.06. The minimum absolute atomic E-state index is 0.382. The van der Waals surface area contributed by atoms with Crippen molar-refractivity contribution in [1.29, 1.82) is 0 Å². The molecule has 1 aliphatic heterocycles. The molecule has 1 aromatic rings. The number of hydrogen-bond acceptors (Lipinski definition) is 1. The predicted molar refractivity (Wildman–Crippen MR) is 67.2 cm³/mol. The van der Waals surface area contributed by atoms with Crippen LogP contribution in [0.3, 0.4) is 0 Å². The molecule has 0 amide bonds. The van der Waals surface area contributed by atoms with Crippen molar-refractivity contribution in [2.45, 2.75) is 31.4 Å². The third kappa shape index (κ3) is 2.86. The summed E-state index contributed by atoms with van der Waals surface area (Å²) in [5, 5.41) is 3.44. The average Bonchev–Trinajstić information content (AvgIpc) is 2.26. The molecule has 1 nitrogen and oxygen atoms in total. The van der Waals surface area contributed by atoms with Crippen LogP contribution in [-0.4, -0.2) is 28.8 Å². The first kappa shape index (κ1) is 11.2. The first-order chi connectivity index (χ1) is 7.27. The number of rotatable bonds is 2. The molecule has 0 spiro atoms. The zero-order valence-corrected chi connectivity index (χ0v) is 11.5. The van der Waals surface area contributed by atoms with Gasteiger partial charge >= 0.3 is 99.2 Å². The topological polar surface area (TPSA) is 12.0 Å². The third-order valence-corrected chi connectivity index (χ3v) is 6.66. The number of hydrogen-bond donors (Lipinski definition) is 1. The van der Waals surface area contributed by atoms with E-state index < -0.39 is 0 Å². The van der Waals surface area contributed by atoms with Crippen molar-refractivity contribution in [2.24, 2.45) is 0 Å². The Morgan fingerprint density at radius 2 is 1.93 bits per heavy atom. The van der Waals surface area contributed by atoms with E-state index in [1.807, 2.05) is 0 Å². The molecule has 2 heteroatoms. The molecule has 0 aromatic heterocycles. The summed E-state index contributed by atoms with van der Waals surface area (Å²) in [6, 6.07) is 6.78. The van der Waals surface area contributed by atoms with Gasteiger partial charge in [0, 0.05) is 0 Å². The summed E-state index contributed by atoms with van der Waals surface area (Å²) in [7, 11) is 0. The maximum atomic E-state index is 3.44. The minimum atomic E-state index is 0.382. The van der Waals surface area contributed by atoms with Gasteiger partial charge in [0.1, 0.15) is 0 Å². The Morgan fingerprint density at radius 3 is 2.67 bits per heavy atom. The average molecular weight is 264 g/mol. The van der Waals surface area contributed by atoms with Gasteiger partial charge in [-0.25, -0.2) is 0 Å². The van der Waals surface area contributed by atoms with Crippen molar-refractivity contribution in [1.82, 2.24) is 5.32 Å². The Bertz CT molecular complexity index is 329. The van der Waals surface area contributed by atoms with Crippen LogP contribution in [0.25, 0.3) is 0 Å². The van der Waals surface area contributed by atoms with Gasteiger partial charge in [-0.3, -0.25) is 0 Å². The quantitative estimate of drug-likeness (QED) is 0.803. The van der Waals surface area contributed by atoms with Gasteiger partial charge in [-0.1, -0.05) is 0 Å². The van der Waals surface area contributed by atoms with E-state index in [2.05, 4.69) is 37.4 Å². The molecule has 1 aromatic carbocycles. The zero-order valence-electron chi connectivity index (χ0n) is 9.59. The van der Waals surface area contributed by atoms with Crippen molar-refractivity contribution in [3.63, 3.8) is 0 Å². The molecule has 0 unspecified atom stereocenters. The van der Waals surface area contributed by atoms with Gasteiger partial charge in [0.05, 0.1) is 0 Å². The summed E-state index contributed by atoms with van der Waals surface area (Å²) >= 11 is 0.382. The summed E-state index contributed by atoms with van der Waals surface area (Å²) in [5.74, 6) is 0. The first-order valence-corrected chi connectivity index (χ1v) is 7.77. The van der Waals surface area contributed by atoms with Crippen LogP contribution in [0.4, 0.5) is 0 Å². The molecule has 0 saturated carbocycles. The van der Waals surface area contributed by atoms with Gasteiger partial charge < -0.3 is 0 Å². The van der Waals surface area contributed by atoms with Gasteiger partial charge in [-0.2, -0.15) is 0 Å². The van der Waals surface area contributed by atoms with Crippen LogP contribution in [-0.2, 0) is 0 Å². The van der Waals surface area contributed by atoms with Crippen LogP contribution in [0.5, 0.6) is 0 Å². The fourth-order valence-electron chi connectivity index (χ4n) is 2.01. The fourth-order valence-corrected chi connectivity index (χ4v) is 5.05. The Kier molecular flexibility index (Phi) is 3.88. The molecule has 0 atom stereocenters. The van der Waals surface area contributed by atoms with E-state index in [-0.39, 0.29) is 0 Å². The molecule has 1 N–H and O–H groups in total. The van der Waals surface area contributed by atoms with Crippen molar-refractivity contribution >= 4 is 20.1 Å². The second-order valence-corrected chi connectivity index (χ2v) is 7.41. The van der Waals surface area contributed by atoms with E-state index in [1.54, 1.807) is 4.35 Å². The number of nitrogens with one attached hydrogen (secondary N) is 1. The standard InChI is InChI=1S/C13H19AsN/c1-10-4-3-5-13(11(10)2)14-12-6-8-15-9-7-12/h3-5,12,15H,6-9H2,1-2H3. The van der Waals surface area contributed by atoms with E-state index >= 15 is 0 Å². The molecule has 0 bridgehead atoms. The summed E-state index contributed by atoms with van der Waals surface area (Å²) in [6.45, 7) is 6.96. The van der Waals surface area contributed by atoms with Crippen LogP contribution < -0.4 is 9.67 Å². The normalized spacial score (nSPS) is 18.8. The maximum absolute atomic E-state index is 3.44. The first-order valence-electron chi connectivity index (χ1n) is 5.75. The molecule has 0 aliphatic carbocycles. The molecule has 1 fully saturated rings. The molecular formula is C13H19AsN. The Labute approximate surface area is 99.3 Å². The fraction of sp³-hybridized carbons (Fsp3) is 0.538. The number of aryl methyl sites for hydroxylation is 1. The van der Waals surface area contributed by atoms with Crippen LogP contribution in [0.2, 0.25) is 4.71 Å². The molecule has 81 valence electrons. The second kappa shape index (κ2) is 5.18. The number of benzene rings is 1. The summed E-state index contributed by atoms with van der Waals surface area (Å²) < 4.78 is 2.64. The summed E-state index contributed by atoms with van der Waals surface area (Å²) in [6.07, 6.45) is 2.76.